The zero-order valence-electron chi connectivity index (χ0n) is 18.8. The molecule has 1 aliphatic heterocycles. The van der Waals surface area contributed by atoms with Crippen LogP contribution in [0.15, 0.2) is 53.5 Å². The first-order chi connectivity index (χ1) is 15.8. The summed E-state index contributed by atoms with van der Waals surface area (Å²) >= 11 is 0. The summed E-state index contributed by atoms with van der Waals surface area (Å²) in [4.78, 5) is 36.8. The van der Waals surface area contributed by atoms with Crippen LogP contribution in [-0.2, 0) is 24.9 Å². The van der Waals surface area contributed by atoms with Crippen molar-refractivity contribution in [2.75, 3.05) is 13.1 Å². The molecule has 0 aliphatic carbocycles. The van der Waals surface area contributed by atoms with Crippen LogP contribution in [0, 0.1) is 5.82 Å². The van der Waals surface area contributed by atoms with Gasteiger partial charge in [-0.2, -0.15) is 0 Å². The third-order valence-corrected chi connectivity index (χ3v) is 6.26. The largest absolute Gasteiger partial charge is 0.501 e. The lowest BCUT2D eigenvalue weighted by atomic mass is 9.97. The number of aromatic nitrogens is 3. The fourth-order valence-corrected chi connectivity index (χ4v) is 4.27. The van der Waals surface area contributed by atoms with Gasteiger partial charge in [0, 0.05) is 44.4 Å². The van der Waals surface area contributed by atoms with Gasteiger partial charge in [-0.1, -0.05) is 18.2 Å². The van der Waals surface area contributed by atoms with Gasteiger partial charge in [0.2, 0.25) is 5.75 Å². The van der Waals surface area contributed by atoms with Gasteiger partial charge in [0.1, 0.15) is 11.6 Å². The number of hydrogen-bond donors (Lipinski definition) is 1. The molecule has 7 nitrogen and oxygen atoms in total. The highest BCUT2D eigenvalue weighted by atomic mass is 19.1. The summed E-state index contributed by atoms with van der Waals surface area (Å²) in [7, 11) is 0. The average molecular weight is 451 g/mol. The van der Waals surface area contributed by atoms with Gasteiger partial charge in [0.25, 0.3) is 5.56 Å². The van der Waals surface area contributed by atoms with Crippen LogP contribution in [0.4, 0.5) is 4.39 Å². The molecule has 172 valence electrons. The Labute approximate surface area is 191 Å². The maximum absolute atomic E-state index is 13.1. The standard InChI is InChI=1S/C25H27FN4O3/c1-25(2)24-28-21(20(31)11-8-17-6-9-18(26)10-7-17)22(32)23(33)30(24)16-15-29(25)14-12-19-5-3-4-13-27-19/h3-7,9-10,13,32H,8,11-12,14-16H2,1-2H3. The Morgan fingerprint density at radius 2 is 1.88 bits per heavy atom. The van der Waals surface area contributed by atoms with Gasteiger partial charge in [0.05, 0.1) is 5.54 Å². The summed E-state index contributed by atoms with van der Waals surface area (Å²) in [5.74, 6) is -0.913. The van der Waals surface area contributed by atoms with E-state index in [-0.39, 0.29) is 17.9 Å². The van der Waals surface area contributed by atoms with Crippen LogP contribution in [0.25, 0.3) is 0 Å². The van der Waals surface area contributed by atoms with Crippen LogP contribution >= 0.6 is 0 Å². The van der Waals surface area contributed by atoms with E-state index >= 15 is 0 Å². The third kappa shape index (κ3) is 4.71. The molecule has 0 fully saturated rings. The lowest BCUT2D eigenvalue weighted by Crippen LogP contribution is -2.53. The van der Waals surface area contributed by atoms with E-state index in [9.17, 15) is 19.1 Å². The molecule has 0 radical (unpaired) electrons. The van der Waals surface area contributed by atoms with E-state index in [2.05, 4.69) is 14.9 Å². The number of benzene rings is 1. The molecule has 0 saturated carbocycles. The summed E-state index contributed by atoms with van der Waals surface area (Å²) in [6.07, 6.45) is 2.92. The second-order valence-electron chi connectivity index (χ2n) is 8.76. The van der Waals surface area contributed by atoms with Crippen molar-refractivity contribution >= 4 is 5.78 Å². The Bertz CT molecular complexity index is 1210. The molecule has 3 aromatic rings. The molecule has 0 spiro atoms. The molecular weight excluding hydrogens is 423 g/mol. The topological polar surface area (TPSA) is 88.3 Å². The Morgan fingerprint density at radius 3 is 2.58 bits per heavy atom. The number of aryl methyl sites for hydroxylation is 1. The highest BCUT2D eigenvalue weighted by molar-refractivity contribution is 5.96. The number of ketones is 1. The van der Waals surface area contributed by atoms with Crippen molar-refractivity contribution in [1.82, 2.24) is 19.4 Å². The monoisotopic (exact) mass is 450 g/mol. The van der Waals surface area contributed by atoms with Gasteiger partial charge in [-0.05, 0) is 50.1 Å². The number of aromatic hydroxyl groups is 1. The quantitative estimate of drug-likeness (QED) is 0.557. The zero-order valence-corrected chi connectivity index (χ0v) is 18.8. The zero-order chi connectivity index (χ0) is 23.6. The highest BCUT2D eigenvalue weighted by Gasteiger charge is 2.38. The van der Waals surface area contributed by atoms with Gasteiger partial charge >= 0.3 is 0 Å². The number of fused-ring (bicyclic) bond motifs is 1. The van der Waals surface area contributed by atoms with E-state index in [4.69, 9.17) is 0 Å². The molecule has 3 heterocycles. The number of pyridine rings is 1. The number of Topliss-reactive ketones (excluding diaryl/α,β-unsaturated/α-hetero) is 1. The molecule has 0 saturated heterocycles. The van der Waals surface area contributed by atoms with Crippen molar-refractivity contribution in [1.29, 1.82) is 0 Å². The van der Waals surface area contributed by atoms with Crippen molar-refractivity contribution < 1.29 is 14.3 Å². The minimum absolute atomic E-state index is 0.0545. The van der Waals surface area contributed by atoms with E-state index in [0.29, 0.717) is 31.9 Å². The van der Waals surface area contributed by atoms with Gasteiger partial charge in [-0.15, -0.1) is 0 Å². The summed E-state index contributed by atoms with van der Waals surface area (Å²) in [5, 5.41) is 10.5. The lowest BCUT2D eigenvalue weighted by molar-refractivity contribution is 0.0738. The highest BCUT2D eigenvalue weighted by Crippen LogP contribution is 2.31. The molecule has 4 rings (SSSR count). The lowest BCUT2D eigenvalue weighted by Gasteiger charge is -2.43. The minimum Gasteiger partial charge on any atom is -0.501 e. The van der Waals surface area contributed by atoms with E-state index in [1.165, 1.54) is 16.7 Å². The van der Waals surface area contributed by atoms with E-state index < -0.39 is 22.6 Å². The van der Waals surface area contributed by atoms with Gasteiger partial charge in [-0.3, -0.25) is 24.0 Å². The molecule has 1 N–H and O–H groups in total. The summed E-state index contributed by atoms with van der Waals surface area (Å²) in [6.45, 7) is 5.64. The fourth-order valence-electron chi connectivity index (χ4n) is 4.27. The number of rotatable bonds is 7. The second-order valence-corrected chi connectivity index (χ2v) is 8.76. The van der Waals surface area contributed by atoms with Gasteiger partial charge in [0.15, 0.2) is 11.5 Å². The Kier molecular flexibility index (Phi) is 6.37. The van der Waals surface area contributed by atoms with Gasteiger partial charge in [-0.25, -0.2) is 9.37 Å². The molecular formula is C25H27FN4O3. The normalized spacial score (nSPS) is 15.2. The smallest absolute Gasteiger partial charge is 0.296 e. The van der Waals surface area contributed by atoms with Crippen molar-refractivity contribution in [3.63, 3.8) is 0 Å². The molecule has 0 bridgehead atoms. The van der Waals surface area contributed by atoms with Crippen LogP contribution in [0.5, 0.6) is 5.75 Å². The van der Waals surface area contributed by atoms with Crippen molar-refractivity contribution in [2.45, 2.75) is 45.2 Å². The van der Waals surface area contributed by atoms with Crippen LogP contribution in [0.3, 0.4) is 0 Å². The first-order valence-corrected chi connectivity index (χ1v) is 11.0. The maximum atomic E-state index is 13.1. The van der Waals surface area contributed by atoms with E-state index in [1.807, 2.05) is 32.0 Å². The maximum Gasteiger partial charge on any atom is 0.296 e. The molecule has 0 amide bonds. The predicted octanol–water partition coefficient (Wildman–Crippen LogP) is 3.09. The van der Waals surface area contributed by atoms with Crippen LogP contribution in [0.1, 0.15) is 47.8 Å². The van der Waals surface area contributed by atoms with Crippen LogP contribution < -0.4 is 5.56 Å². The first-order valence-electron chi connectivity index (χ1n) is 11.0. The van der Waals surface area contributed by atoms with Crippen molar-refractivity contribution in [2.24, 2.45) is 0 Å². The molecule has 2 aromatic heterocycles. The number of carbonyl (C=O) groups excluding carboxylic acids is 1. The number of halogens is 1. The first kappa shape index (κ1) is 22.8. The summed E-state index contributed by atoms with van der Waals surface area (Å²) < 4.78 is 14.6. The second kappa shape index (κ2) is 9.23. The molecule has 1 aromatic carbocycles. The third-order valence-electron chi connectivity index (χ3n) is 6.26. The minimum atomic E-state index is -0.619. The van der Waals surface area contributed by atoms with Crippen molar-refractivity contribution in [3.8, 4) is 5.75 Å². The summed E-state index contributed by atoms with van der Waals surface area (Å²) in [6, 6.07) is 11.7. The Hall–Kier alpha value is -3.39. The van der Waals surface area contributed by atoms with Crippen LogP contribution in [0.2, 0.25) is 0 Å². The predicted molar refractivity (Wildman–Crippen MR) is 122 cm³/mol. The number of nitrogens with zero attached hydrogens (tertiary/aromatic N) is 4. The Morgan fingerprint density at radius 1 is 1.12 bits per heavy atom. The molecule has 33 heavy (non-hydrogen) atoms. The number of carbonyl (C=O) groups is 1. The fraction of sp³-hybridized carbons (Fsp3) is 0.360. The molecule has 0 atom stereocenters. The van der Waals surface area contributed by atoms with E-state index in [1.54, 1.807) is 18.3 Å². The Balaban J connectivity index is 1.56. The molecule has 0 unspecified atom stereocenters. The SMILES string of the molecule is CC1(C)c2nc(C(=O)CCc3ccc(F)cc3)c(O)c(=O)n2CCN1CCc1ccccn1. The van der Waals surface area contributed by atoms with Crippen molar-refractivity contribution in [3.05, 3.63) is 87.6 Å². The van der Waals surface area contributed by atoms with E-state index in [0.717, 1.165) is 17.7 Å². The van der Waals surface area contributed by atoms with Crippen LogP contribution in [-0.4, -0.2) is 43.4 Å². The summed E-state index contributed by atoms with van der Waals surface area (Å²) in [5.41, 5.74) is 0.355. The number of hydrogen-bond acceptors (Lipinski definition) is 6. The molecule has 1 aliphatic rings. The molecule has 8 heteroatoms. The van der Waals surface area contributed by atoms with Gasteiger partial charge < -0.3 is 5.11 Å². The average Bonchev–Trinajstić information content (AvgIpc) is 2.81.